The minimum absolute atomic E-state index is 0.188. The molecule has 0 aromatic heterocycles. The lowest BCUT2D eigenvalue weighted by Gasteiger charge is -2.17. The Bertz CT molecular complexity index is 765. The lowest BCUT2D eigenvalue weighted by molar-refractivity contribution is -0.136. The number of rotatable bonds is 6. The van der Waals surface area contributed by atoms with Gasteiger partial charge in [0.1, 0.15) is 0 Å². The number of nitrogens with zero attached hydrogens (tertiary/aromatic N) is 1. The van der Waals surface area contributed by atoms with Crippen LogP contribution in [0.15, 0.2) is 54.6 Å². The van der Waals surface area contributed by atoms with Gasteiger partial charge in [-0.05, 0) is 24.3 Å². The molecule has 25 heavy (non-hydrogen) atoms. The molecule has 0 bridgehead atoms. The van der Waals surface area contributed by atoms with Crippen molar-refractivity contribution in [3.05, 3.63) is 65.2 Å². The zero-order valence-corrected chi connectivity index (χ0v) is 14.3. The molecule has 2 rings (SSSR count). The van der Waals surface area contributed by atoms with E-state index in [9.17, 15) is 14.4 Å². The summed E-state index contributed by atoms with van der Waals surface area (Å²) >= 11 is 5.96. The van der Waals surface area contributed by atoms with Gasteiger partial charge in [-0.3, -0.25) is 9.59 Å². The number of anilines is 1. The Kier molecular flexibility index (Phi) is 6.54. The van der Waals surface area contributed by atoms with Gasteiger partial charge in [-0.1, -0.05) is 41.9 Å². The molecule has 0 spiro atoms. The molecule has 2 amide bonds. The zero-order chi connectivity index (χ0) is 18.2. The Morgan fingerprint density at radius 3 is 2.36 bits per heavy atom. The predicted molar refractivity (Wildman–Crippen MR) is 94.4 cm³/mol. The standard InChI is InChI=1S/C18H17ClN2O4/c1-21(11-16(22)20-15-10-6-5-9-14(15)19)17(23)12-25-18(24)13-7-3-2-4-8-13/h2-10H,11-12H2,1H3,(H,20,22). The van der Waals surface area contributed by atoms with Crippen LogP contribution in [0.3, 0.4) is 0 Å². The topological polar surface area (TPSA) is 75.7 Å². The molecule has 130 valence electrons. The number of ether oxygens (including phenoxy) is 1. The van der Waals surface area contributed by atoms with Gasteiger partial charge in [-0.25, -0.2) is 4.79 Å². The average Bonchev–Trinajstić information content (AvgIpc) is 2.62. The summed E-state index contributed by atoms with van der Waals surface area (Å²) in [4.78, 5) is 36.9. The number of amides is 2. The van der Waals surface area contributed by atoms with Gasteiger partial charge in [0.05, 0.1) is 22.8 Å². The maximum Gasteiger partial charge on any atom is 0.338 e. The first kappa shape index (κ1) is 18.5. The molecule has 0 saturated heterocycles. The molecule has 2 aromatic carbocycles. The van der Waals surface area contributed by atoms with Crippen LogP contribution in [-0.4, -0.2) is 42.9 Å². The summed E-state index contributed by atoms with van der Waals surface area (Å²) in [5.41, 5.74) is 0.819. The van der Waals surface area contributed by atoms with Crippen LogP contribution >= 0.6 is 11.6 Å². The summed E-state index contributed by atoms with van der Waals surface area (Å²) in [6.07, 6.45) is 0. The molecule has 2 aromatic rings. The minimum atomic E-state index is -0.595. The van der Waals surface area contributed by atoms with E-state index >= 15 is 0 Å². The lowest BCUT2D eigenvalue weighted by atomic mass is 10.2. The van der Waals surface area contributed by atoms with Gasteiger partial charge in [0.2, 0.25) is 5.91 Å². The van der Waals surface area contributed by atoms with E-state index in [0.717, 1.165) is 0 Å². The number of carbonyl (C=O) groups is 3. The quantitative estimate of drug-likeness (QED) is 0.803. The van der Waals surface area contributed by atoms with Gasteiger partial charge in [0.15, 0.2) is 6.61 Å². The zero-order valence-electron chi connectivity index (χ0n) is 13.6. The van der Waals surface area contributed by atoms with E-state index < -0.39 is 24.4 Å². The Morgan fingerprint density at radius 1 is 1.04 bits per heavy atom. The van der Waals surface area contributed by atoms with Crippen LogP contribution in [-0.2, 0) is 14.3 Å². The van der Waals surface area contributed by atoms with Crippen LogP contribution in [0.4, 0.5) is 5.69 Å². The minimum Gasteiger partial charge on any atom is -0.452 e. The van der Waals surface area contributed by atoms with E-state index in [1.165, 1.54) is 11.9 Å². The fourth-order valence-electron chi connectivity index (χ4n) is 1.95. The van der Waals surface area contributed by atoms with E-state index in [1.54, 1.807) is 54.6 Å². The van der Waals surface area contributed by atoms with Crippen molar-refractivity contribution in [3.8, 4) is 0 Å². The molecule has 0 aliphatic rings. The third-order valence-electron chi connectivity index (χ3n) is 3.29. The monoisotopic (exact) mass is 360 g/mol. The number of para-hydroxylation sites is 1. The fraction of sp³-hybridized carbons (Fsp3) is 0.167. The van der Waals surface area contributed by atoms with Gasteiger partial charge >= 0.3 is 5.97 Å². The van der Waals surface area contributed by atoms with Crippen molar-refractivity contribution in [2.45, 2.75) is 0 Å². The van der Waals surface area contributed by atoms with Crippen LogP contribution in [0.5, 0.6) is 0 Å². The number of halogens is 1. The molecular weight excluding hydrogens is 344 g/mol. The highest BCUT2D eigenvalue weighted by Crippen LogP contribution is 2.20. The fourth-order valence-corrected chi connectivity index (χ4v) is 2.13. The molecule has 0 saturated carbocycles. The van der Waals surface area contributed by atoms with Gasteiger partial charge in [0.25, 0.3) is 5.91 Å². The largest absolute Gasteiger partial charge is 0.452 e. The molecule has 7 heteroatoms. The molecule has 0 fully saturated rings. The molecule has 0 radical (unpaired) electrons. The first-order valence-electron chi connectivity index (χ1n) is 7.48. The van der Waals surface area contributed by atoms with E-state index in [-0.39, 0.29) is 6.54 Å². The number of hydrogen-bond donors (Lipinski definition) is 1. The molecule has 6 nitrogen and oxygen atoms in total. The number of benzene rings is 2. The van der Waals surface area contributed by atoms with Crippen molar-refractivity contribution in [1.82, 2.24) is 4.90 Å². The number of carbonyl (C=O) groups excluding carboxylic acids is 3. The Balaban J connectivity index is 1.81. The molecule has 0 aliphatic carbocycles. The Hall–Kier alpha value is -2.86. The number of hydrogen-bond acceptors (Lipinski definition) is 4. The highest BCUT2D eigenvalue weighted by atomic mass is 35.5. The number of esters is 1. The maximum absolute atomic E-state index is 12.0. The highest BCUT2D eigenvalue weighted by Gasteiger charge is 2.16. The summed E-state index contributed by atoms with van der Waals surface area (Å²) < 4.78 is 4.95. The molecule has 1 N–H and O–H groups in total. The number of likely N-dealkylation sites (N-methyl/N-ethyl adjacent to an activating group) is 1. The van der Waals surface area contributed by atoms with Crippen molar-refractivity contribution in [1.29, 1.82) is 0 Å². The van der Waals surface area contributed by atoms with E-state index in [2.05, 4.69) is 5.32 Å². The normalized spacial score (nSPS) is 10.0. The van der Waals surface area contributed by atoms with Gasteiger partial charge in [-0.15, -0.1) is 0 Å². The molecule has 0 heterocycles. The number of nitrogens with one attached hydrogen (secondary N) is 1. The maximum atomic E-state index is 12.0. The summed E-state index contributed by atoms with van der Waals surface area (Å²) in [7, 11) is 1.45. The van der Waals surface area contributed by atoms with E-state index in [4.69, 9.17) is 16.3 Å². The van der Waals surface area contributed by atoms with Gasteiger partial charge in [-0.2, -0.15) is 0 Å². The van der Waals surface area contributed by atoms with Gasteiger partial charge in [0, 0.05) is 7.05 Å². The third-order valence-corrected chi connectivity index (χ3v) is 3.62. The molecule has 0 unspecified atom stereocenters. The summed E-state index contributed by atoms with van der Waals surface area (Å²) in [5.74, 6) is -1.49. The summed E-state index contributed by atoms with van der Waals surface area (Å²) in [6, 6.07) is 15.1. The predicted octanol–water partition coefficient (Wildman–Crippen LogP) is 2.59. The van der Waals surface area contributed by atoms with Crippen LogP contribution in [0.25, 0.3) is 0 Å². The van der Waals surface area contributed by atoms with Crippen LogP contribution in [0.2, 0.25) is 5.02 Å². The van der Waals surface area contributed by atoms with Crippen molar-refractivity contribution in [2.75, 3.05) is 25.5 Å². The first-order chi connectivity index (χ1) is 12.0. The third kappa shape index (κ3) is 5.61. The molecular formula is C18H17ClN2O4. The van der Waals surface area contributed by atoms with Crippen molar-refractivity contribution in [3.63, 3.8) is 0 Å². The SMILES string of the molecule is CN(CC(=O)Nc1ccccc1Cl)C(=O)COC(=O)c1ccccc1. The van der Waals surface area contributed by atoms with Crippen molar-refractivity contribution < 1.29 is 19.1 Å². The van der Waals surface area contributed by atoms with Gasteiger partial charge < -0.3 is 15.0 Å². The highest BCUT2D eigenvalue weighted by molar-refractivity contribution is 6.33. The smallest absolute Gasteiger partial charge is 0.338 e. The van der Waals surface area contributed by atoms with Crippen LogP contribution in [0, 0.1) is 0 Å². The van der Waals surface area contributed by atoms with E-state index in [0.29, 0.717) is 16.3 Å². The molecule has 0 atom stereocenters. The summed E-state index contributed by atoms with van der Waals surface area (Å²) in [5, 5.41) is 3.02. The van der Waals surface area contributed by atoms with Crippen LogP contribution < -0.4 is 5.32 Å². The first-order valence-corrected chi connectivity index (χ1v) is 7.85. The lowest BCUT2D eigenvalue weighted by Crippen LogP contribution is -2.37. The van der Waals surface area contributed by atoms with Crippen molar-refractivity contribution >= 4 is 35.1 Å². The second-order valence-electron chi connectivity index (χ2n) is 5.22. The second kappa shape index (κ2) is 8.84. The van der Waals surface area contributed by atoms with Crippen LogP contribution in [0.1, 0.15) is 10.4 Å². The second-order valence-corrected chi connectivity index (χ2v) is 5.63. The molecule has 0 aliphatic heterocycles. The summed E-state index contributed by atoms with van der Waals surface area (Å²) in [6.45, 7) is -0.628. The van der Waals surface area contributed by atoms with Crippen molar-refractivity contribution in [2.24, 2.45) is 0 Å². The van der Waals surface area contributed by atoms with E-state index in [1.807, 2.05) is 0 Å². The Morgan fingerprint density at radius 2 is 1.68 bits per heavy atom. The average molecular weight is 361 g/mol. The Labute approximate surface area is 150 Å².